The number of fused-ring (bicyclic) bond motifs is 1. The predicted molar refractivity (Wildman–Crippen MR) is 97.7 cm³/mol. The highest BCUT2D eigenvalue weighted by Gasteiger charge is 2.13. The Kier molecular flexibility index (Phi) is 5.09. The van der Waals surface area contributed by atoms with E-state index in [2.05, 4.69) is 10.6 Å². The Labute approximate surface area is 149 Å². The fourth-order valence-corrected chi connectivity index (χ4v) is 2.69. The molecule has 2 aromatic carbocycles. The van der Waals surface area contributed by atoms with E-state index < -0.39 is 0 Å². The average molecular weight is 363 g/mol. The van der Waals surface area contributed by atoms with Gasteiger partial charge in [0.2, 0.25) is 5.91 Å². The molecule has 1 heterocycles. The second-order valence-electron chi connectivity index (χ2n) is 5.46. The summed E-state index contributed by atoms with van der Waals surface area (Å²) in [6.45, 7) is 2.07. The second-order valence-corrected chi connectivity index (χ2v) is 6.31. The monoisotopic (exact) mass is 362 g/mol. The minimum absolute atomic E-state index is 0.0991. The lowest BCUT2D eigenvalue weighted by Crippen LogP contribution is -2.30. The van der Waals surface area contributed by atoms with Gasteiger partial charge in [-0.3, -0.25) is 10.1 Å². The Hall–Kier alpha value is -2.01. The van der Waals surface area contributed by atoms with Crippen LogP contribution in [0.1, 0.15) is 18.7 Å². The third kappa shape index (κ3) is 3.90. The number of carbonyl (C=O) groups excluding carboxylic acids is 1. The van der Waals surface area contributed by atoms with Gasteiger partial charge in [-0.1, -0.05) is 41.4 Å². The van der Waals surface area contributed by atoms with Crippen molar-refractivity contribution in [3.05, 3.63) is 64.3 Å². The molecule has 0 fully saturated rings. The average Bonchev–Trinajstić information content (AvgIpc) is 3.00. The lowest BCUT2D eigenvalue weighted by Gasteiger charge is -2.12. The zero-order chi connectivity index (χ0) is 17.1. The molecule has 0 saturated heterocycles. The lowest BCUT2D eigenvalue weighted by atomic mass is 10.2. The normalized spacial score (nSPS) is 12.3. The van der Waals surface area contributed by atoms with Gasteiger partial charge in [-0.2, -0.15) is 0 Å². The quantitative estimate of drug-likeness (QED) is 0.669. The number of hydrogen-bond donors (Lipinski definition) is 2. The summed E-state index contributed by atoms with van der Waals surface area (Å²) in [4.78, 5) is 12.1. The van der Waals surface area contributed by atoms with Gasteiger partial charge in [-0.05, 0) is 37.3 Å². The summed E-state index contributed by atoms with van der Waals surface area (Å²) in [6, 6.07) is 14.6. The van der Waals surface area contributed by atoms with Crippen molar-refractivity contribution in [1.29, 1.82) is 0 Å². The van der Waals surface area contributed by atoms with Crippen LogP contribution in [-0.2, 0) is 4.79 Å². The molecular formula is C18H16Cl2N2O2. The molecule has 0 aliphatic rings. The topological polar surface area (TPSA) is 54.3 Å². The zero-order valence-corrected chi connectivity index (χ0v) is 14.5. The minimum atomic E-state index is -0.206. The molecule has 6 heteroatoms. The van der Waals surface area contributed by atoms with Crippen LogP contribution in [0.4, 0.5) is 5.69 Å². The van der Waals surface area contributed by atoms with Gasteiger partial charge in [0.15, 0.2) is 0 Å². The van der Waals surface area contributed by atoms with Gasteiger partial charge in [0.25, 0.3) is 0 Å². The van der Waals surface area contributed by atoms with Gasteiger partial charge in [0.05, 0.1) is 23.3 Å². The summed E-state index contributed by atoms with van der Waals surface area (Å²) in [5, 5.41) is 7.86. The SMILES string of the molecule is CC(NCC(=O)Nc1cc(Cl)ccc1Cl)c1cc2ccccc2o1. The third-order valence-electron chi connectivity index (χ3n) is 3.64. The summed E-state index contributed by atoms with van der Waals surface area (Å²) in [5.74, 6) is 0.576. The minimum Gasteiger partial charge on any atom is -0.459 e. The van der Waals surface area contributed by atoms with Gasteiger partial charge >= 0.3 is 0 Å². The number of para-hydroxylation sites is 1. The Morgan fingerprint density at radius 3 is 2.75 bits per heavy atom. The molecule has 0 saturated carbocycles. The van der Waals surface area contributed by atoms with Crippen LogP contribution in [0.3, 0.4) is 0 Å². The van der Waals surface area contributed by atoms with E-state index in [1.807, 2.05) is 37.3 Å². The van der Waals surface area contributed by atoms with Crippen molar-refractivity contribution in [3.8, 4) is 0 Å². The summed E-state index contributed by atoms with van der Waals surface area (Å²) in [7, 11) is 0. The first-order valence-electron chi connectivity index (χ1n) is 7.49. The highest BCUT2D eigenvalue weighted by molar-refractivity contribution is 6.35. The molecule has 24 heavy (non-hydrogen) atoms. The van der Waals surface area contributed by atoms with Crippen molar-refractivity contribution in [3.63, 3.8) is 0 Å². The Morgan fingerprint density at radius 1 is 1.17 bits per heavy atom. The largest absolute Gasteiger partial charge is 0.459 e. The van der Waals surface area contributed by atoms with Crippen LogP contribution in [0.2, 0.25) is 10.0 Å². The zero-order valence-electron chi connectivity index (χ0n) is 13.0. The number of hydrogen-bond acceptors (Lipinski definition) is 3. The predicted octanol–water partition coefficient (Wildman–Crippen LogP) is 5.03. The summed E-state index contributed by atoms with van der Waals surface area (Å²) >= 11 is 11.9. The maximum atomic E-state index is 12.1. The van der Waals surface area contributed by atoms with Crippen LogP contribution in [0.5, 0.6) is 0 Å². The van der Waals surface area contributed by atoms with Gasteiger partial charge in [-0.15, -0.1) is 0 Å². The Morgan fingerprint density at radius 2 is 1.96 bits per heavy atom. The summed E-state index contributed by atoms with van der Waals surface area (Å²) in [6.07, 6.45) is 0. The molecule has 4 nitrogen and oxygen atoms in total. The molecule has 3 rings (SSSR count). The van der Waals surface area contributed by atoms with Crippen LogP contribution in [0.15, 0.2) is 52.9 Å². The van der Waals surface area contributed by atoms with Crippen LogP contribution in [-0.4, -0.2) is 12.5 Å². The molecule has 2 N–H and O–H groups in total. The van der Waals surface area contributed by atoms with Gasteiger partial charge in [0.1, 0.15) is 11.3 Å². The fourth-order valence-electron chi connectivity index (χ4n) is 2.35. The maximum absolute atomic E-state index is 12.1. The molecule has 124 valence electrons. The number of anilines is 1. The van der Waals surface area contributed by atoms with Crippen molar-refractivity contribution < 1.29 is 9.21 Å². The highest BCUT2D eigenvalue weighted by Crippen LogP contribution is 2.26. The smallest absolute Gasteiger partial charge is 0.238 e. The number of halogens is 2. The Bertz CT molecular complexity index is 843. The Balaban J connectivity index is 1.60. The number of furan rings is 1. The van der Waals surface area contributed by atoms with E-state index in [9.17, 15) is 4.79 Å². The van der Waals surface area contributed by atoms with Crippen molar-refractivity contribution in [1.82, 2.24) is 5.32 Å². The van der Waals surface area contributed by atoms with E-state index in [1.165, 1.54) is 0 Å². The molecule has 3 aromatic rings. The van der Waals surface area contributed by atoms with E-state index in [1.54, 1.807) is 18.2 Å². The van der Waals surface area contributed by atoms with Gasteiger partial charge in [-0.25, -0.2) is 0 Å². The molecule has 0 spiro atoms. The van der Waals surface area contributed by atoms with Crippen molar-refractivity contribution in [2.45, 2.75) is 13.0 Å². The van der Waals surface area contributed by atoms with E-state index >= 15 is 0 Å². The second kappa shape index (κ2) is 7.26. The van der Waals surface area contributed by atoms with Crippen LogP contribution < -0.4 is 10.6 Å². The molecular weight excluding hydrogens is 347 g/mol. The number of benzene rings is 2. The first-order valence-corrected chi connectivity index (χ1v) is 8.25. The molecule has 1 atom stereocenters. The van der Waals surface area contributed by atoms with E-state index in [4.69, 9.17) is 27.6 Å². The maximum Gasteiger partial charge on any atom is 0.238 e. The van der Waals surface area contributed by atoms with Gasteiger partial charge < -0.3 is 9.73 Å². The number of carbonyl (C=O) groups is 1. The first-order chi connectivity index (χ1) is 11.5. The van der Waals surface area contributed by atoms with E-state index in [0.717, 1.165) is 16.7 Å². The highest BCUT2D eigenvalue weighted by atomic mass is 35.5. The lowest BCUT2D eigenvalue weighted by molar-refractivity contribution is -0.115. The fraction of sp³-hybridized carbons (Fsp3) is 0.167. The first kappa shape index (κ1) is 16.8. The van der Waals surface area contributed by atoms with Crippen molar-refractivity contribution in [2.24, 2.45) is 0 Å². The number of amides is 1. The summed E-state index contributed by atoms with van der Waals surface area (Å²) in [5.41, 5.74) is 1.32. The molecule has 1 unspecified atom stereocenters. The molecule has 0 radical (unpaired) electrons. The van der Waals surface area contributed by atoms with Crippen LogP contribution in [0, 0.1) is 0 Å². The molecule has 0 aliphatic carbocycles. The standard InChI is InChI=1S/C18H16Cl2N2O2/c1-11(17-8-12-4-2-3-5-16(12)24-17)21-10-18(23)22-15-9-13(19)6-7-14(15)20/h2-9,11,21H,10H2,1H3,(H,22,23). The van der Waals surface area contributed by atoms with Crippen molar-refractivity contribution >= 4 is 45.8 Å². The molecule has 0 aliphatic heterocycles. The molecule has 0 bridgehead atoms. The molecule has 1 amide bonds. The van der Waals surface area contributed by atoms with E-state index in [0.29, 0.717) is 15.7 Å². The number of rotatable bonds is 5. The van der Waals surface area contributed by atoms with E-state index in [-0.39, 0.29) is 18.5 Å². The van der Waals surface area contributed by atoms with Crippen LogP contribution in [0.25, 0.3) is 11.0 Å². The third-order valence-corrected chi connectivity index (χ3v) is 4.21. The van der Waals surface area contributed by atoms with Crippen molar-refractivity contribution in [2.75, 3.05) is 11.9 Å². The molecule has 1 aromatic heterocycles. The summed E-state index contributed by atoms with van der Waals surface area (Å²) < 4.78 is 5.78. The van der Waals surface area contributed by atoms with Gasteiger partial charge in [0, 0.05) is 10.4 Å². The van der Waals surface area contributed by atoms with Crippen LogP contribution >= 0.6 is 23.2 Å². The number of nitrogens with one attached hydrogen (secondary N) is 2.